The SMILES string of the molecule is NN1CCOC1(C(=O)C1(N2CCOCC2)OCCN1N)N1CCOCC1. The lowest BCUT2D eigenvalue weighted by Gasteiger charge is -2.51. The van der Waals surface area contributed by atoms with E-state index in [0.717, 1.165) is 0 Å². The Morgan fingerprint density at radius 3 is 1.35 bits per heavy atom. The highest BCUT2D eigenvalue weighted by Crippen LogP contribution is 2.37. The van der Waals surface area contributed by atoms with Crippen molar-refractivity contribution in [2.45, 2.75) is 11.7 Å². The molecule has 4 heterocycles. The first kappa shape index (κ1) is 18.6. The van der Waals surface area contributed by atoms with Crippen LogP contribution in [0.2, 0.25) is 0 Å². The number of nitrogens with two attached hydrogens (primary N) is 2. The van der Waals surface area contributed by atoms with E-state index in [4.69, 9.17) is 30.6 Å². The molecule has 2 unspecified atom stereocenters. The zero-order valence-corrected chi connectivity index (χ0v) is 15.0. The average molecular weight is 372 g/mol. The van der Waals surface area contributed by atoms with Gasteiger partial charge in [-0.3, -0.25) is 26.3 Å². The van der Waals surface area contributed by atoms with Crippen LogP contribution in [0.3, 0.4) is 0 Å². The predicted octanol–water partition coefficient (Wildman–Crippen LogP) is -3.06. The summed E-state index contributed by atoms with van der Waals surface area (Å²) >= 11 is 0. The van der Waals surface area contributed by atoms with Gasteiger partial charge in [-0.05, 0) is 0 Å². The summed E-state index contributed by atoms with van der Waals surface area (Å²) in [6.07, 6.45) is 0. The van der Waals surface area contributed by atoms with Crippen LogP contribution >= 0.6 is 0 Å². The molecule has 4 saturated heterocycles. The van der Waals surface area contributed by atoms with E-state index < -0.39 is 11.7 Å². The van der Waals surface area contributed by atoms with E-state index in [-0.39, 0.29) is 5.78 Å². The monoisotopic (exact) mass is 372 g/mol. The van der Waals surface area contributed by atoms with Crippen molar-refractivity contribution in [3.8, 4) is 0 Å². The zero-order valence-electron chi connectivity index (χ0n) is 15.0. The molecule has 0 radical (unpaired) electrons. The van der Waals surface area contributed by atoms with Gasteiger partial charge in [-0.2, -0.15) is 10.0 Å². The molecule has 0 aromatic carbocycles. The molecule has 4 aliphatic heterocycles. The number of morpholine rings is 2. The lowest BCUT2D eigenvalue weighted by molar-refractivity contribution is -0.262. The molecule has 0 spiro atoms. The van der Waals surface area contributed by atoms with Gasteiger partial charge in [0.15, 0.2) is 0 Å². The second kappa shape index (κ2) is 7.36. The molecular formula is C15H28N6O5. The van der Waals surface area contributed by atoms with Gasteiger partial charge in [0, 0.05) is 39.3 Å². The number of hydrazine groups is 2. The van der Waals surface area contributed by atoms with Crippen molar-refractivity contribution < 1.29 is 23.7 Å². The van der Waals surface area contributed by atoms with E-state index in [1.807, 2.05) is 9.80 Å². The topological polar surface area (TPSA) is 119 Å². The quantitative estimate of drug-likeness (QED) is 0.490. The largest absolute Gasteiger partial charge is 0.379 e. The molecule has 11 heteroatoms. The van der Waals surface area contributed by atoms with Crippen molar-refractivity contribution in [3.05, 3.63) is 0 Å². The molecule has 148 valence electrons. The molecule has 0 bridgehead atoms. The predicted molar refractivity (Wildman–Crippen MR) is 88.9 cm³/mol. The summed E-state index contributed by atoms with van der Waals surface area (Å²) in [6.45, 7) is 5.88. The fourth-order valence-corrected chi connectivity index (χ4v) is 4.21. The first-order valence-electron chi connectivity index (χ1n) is 9.15. The van der Waals surface area contributed by atoms with Crippen LogP contribution in [0.1, 0.15) is 0 Å². The number of nitrogens with zero attached hydrogens (tertiary/aromatic N) is 4. The number of hydrogen-bond donors (Lipinski definition) is 2. The summed E-state index contributed by atoms with van der Waals surface area (Å²) in [5.74, 6) is 9.47. The van der Waals surface area contributed by atoms with Crippen LogP contribution in [0.15, 0.2) is 0 Å². The van der Waals surface area contributed by atoms with Gasteiger partial charge in [-0.15, -0.1) is 0 Å². The normalized spacial score (nSPS) is 38.8. The van der Waals surface area contributed by atoms with Crippen molar-refractivity contribution in [2.75, 3.05) is 78.9 Å². The summed E-state index contributed by atoms with van der Waals surface area (Å²) in [4.78, 5) is 17.9. The number of ketones is 1. The summed E-state index contributed by atoms with van der Waals surface area (Å²) in [5.41, 5.74) is 0. The van der Waals surface area contributed by atoms with Crippen LogP contribution in [0.25, 0.3) is 0 Å². The van der Waals surface area contributed by atoms with Crippen LogP contribution in [-0.4, -0.2) is 116 Å². The molecule has 4 fully saturated rings. The Hall–Kier alpha value is -0.730. The maximum Gasteiger partial charge on any atom is 0.261 e. The molecule has 2 atom stereocenters. The fraction of sp³-hybridized carbons (Fsp3) is 0.933. The highest BCUT2D eigenvalue weighted by atomic mass is 16.6. The summed E-state index contributed by atoms with van der Waals surface area (Å²) < 4.78 is 23.0. The summed E-state index contributed by atoms with van der Waals surface area (Å²) in [6, 6.07) is 0. The molecule has 4 N–H and O–H groups in total. The van der Waals surface area contributed by atoms with Gasteiger partial charge < -0.3 is 18.9 Å². The van der Waals surface area contributed by atoms with Gasteiger partial charge in [0.1, 0.15) is 0 Å². The Morgan fingerprint density at radius 2 is 1.04 bits per heavy atom. The van der Waals surface area contributed by atoms with Gasteiger partial charge in [-0.25, -0.2) is 0 Å². The van der Waals surface area contributed by atoms with Gasteiger partial charge >= 0.3 is 0 Å². The number of ether oxygens (including phenoxy) is 4. The standard InChI is InChI=1S/C15H28N6O5/c16-20-5-11-25-14(20,18-1-7-23-8-2-18)13(22)15(21(17)6-12-26-15)19-3-9-24-10-4-19/h1-12,16-17H2. The third-order valence-electron chi connectivity index (χ3n) is 5.52. The van der Waals surface area contributed by atoms with E-state index in [0.29, 0.717) is 78.9 Å². The zero-order chi connectivity index (χ0) is 18.2. The Kier molecular flexibility index (Phi) is 5.27. The Morgan fingerprint density at radius 1 is 0.654 bits per heavy atom. The van der Waals surface area contributed by atoms with Crippen LogP contribution < -0.4 is 11.7 Å². The molecule has 0 aliphatic carbocycles. The van der Waals surface area contributed by atoms with E-state index in [1.165, 1.54) is 10.0 Å². The van der Waals surface area contributed by atoms with Crippen LogP contribution in [-0.2, 0) is 23.7 Å². The molecule has 11 nitrogen and oxygen atoms in total. The minimum absolute atomic E-state index is 0.297. The molecule has 0 amide bonds. The number of hydrogen-bond acceptors (Lipinski definition) is 11. The van der Waals surface area contributed by atoms with E-state index >= 15 is 0 Å². The molecule has 4 aliphatic rings. The number of Topliss-reactive ketones (excluding diaryl/α,β-unsaturated/α-hetero) is 1. The number of rotatable bonds is 4. The first-order chi connectivity index (χ1) is 12.6. The van der Waals surface area contributed by atoms with E-state index in [2.05, 4.69) is 0 Å². The highest BCUT2D eigenvalue weighted by molar-refractivity contribution is 5.94. The summed E-state index contributed by atoms with van der Waals surface area (Å²) in [7, 11) is 0. The Bertz CT molecular complexity index is 485. The van der Waals surface area contributed by atoms with Crippen molar-refractivity contribution >= 4 is 5.78 Å². The maximum absolute atomic E-state index is 14.1. The van der Waals surface area contributed by atoms with Gasteiger partial charge in [0.2, 0.25) is 0 Å². The van der Waals surface area contributed by atoms with Crippen molar-refractivity contribution in [1.29, 1.82) is 0 Å². The van der Waals surface area contributed by atoms with Gasteiger partial charge in [0.25, 0.3) is 17.5 Å². The molecule has 4 rings (SSSR count). The Balaban J connectivity index is 1.72. The third-order valence-corrected chi connectivity index (χ3v) is 5.52. The summed E-state index contributed by atoms with van der Waals surface area (Å²) in [5, 5.41) is 2.94. The maximum atomic E-state index is 14.1. The molecular weight excluding hydrogens is 344 g/mol. The minimum Gasteiger partial charge on any atom is -0.379 e. The van der Waals surface area contributed by atoms with Crippen molar-refractivity contribution in [2.24, 2.45) is 11.7 Å². The molecule has 0 saturated carbocycles. The third kappa shape index (κ3) is 2.71. The fourth-order valence-electron chi connectivity index (χ4n) is 4.21. The molecule has 0 aromatic heterocycles. The highest BCUT2D eigenvalue weighted by Gasteiger charge is 2.66. The lowest BCUT2D eigenvalue weighted by atomic mass is 10.1. The van der Waals surface area contributed by atoms with E-state index in [9.17, 15) is 4.79 Å². The van der Waals surface area contributed by atoms with Gasteiger partial charge in [-0.1, -0.05) is 0 Å². The van der Waals surface area contributed by atoms with E-state index in [1.54, 1.807) is 0 Å². The van der Waals surface area contributed by atoms with Crippen LogP contribution in [0.5, 0.6) is 0 Å². The lowest BCUT2D eigenvalue weighted by Crippen LogP contribution is -2.78. The van der Waals surface area contributed by atoms with Crippen LogP contribution in [0, 0.1) is 0 Å². The Labute approximate surface area is 152 Å². The average Bonchev–Trinajstić information content (AvgIpc) is 3.27. The second-order valence-corrected chi connectivity index (χ2v) is 6.83. The number of carbonyl (C=O) groups excluding carboxylic acids is 1. The smallest absolute Gasteiger partial charge is 0.261 e. The minimum atomic E-state index is -1.41. The van der Waals surface area contributed by atoms with Crippen LogP contribution in [0.4, 0.5) is 0 Å². The first-order valence-corrected chi connectivity index (χ1v) is 9.15. The molecule has 0 aromatic rings. The number of carbonyl (C=O) groups is 1. The second-order valence-electron chi connectivity index (χ2n) is 6.83. The van der Waals surface area contributed by atoms with Crippen molar-refractivity contribution in [3.63, 3.8) is 0 Å². The van der Waals surface area contributed by atoms with Gasteiger partial charge in [0.05, 0.1) is 39.6 Å². The molecule has 26 heavy (non-hydrogen) atoms. The van der Waals surface area contributed by atoms with Crippen molar-refractivity contribution in [1.82, 2.24) is 19.8 Å².